The van der Waals surface area contributed by atoms with E-state index in [0.717, 1.165) is 25.9 Å². The molecular formula is C17H24N2. The molecule has 2 nitrogen and oxygen atoms in total. The third kappa shape index (κ3) is 3.46. The van der Waals surface area contributed by atoms with Crippen LogP contribution in [0.5, 0.6) is 0 Å². The summed E-state index contributed by atoms with van der Waals surface area (Å²) in [6, 6.07) is 6.47. The molecule has 102 valence electrons. The van der Waals surface area contributed by atoms with Gasteiger partial charge in [-0.25, -0.2) is 0 Å². The lowest BCUT2D eigenvalue weighted by molar-refractivity contribution is 0.296. The predicted octanol–water partition coefficient (Wildman–Crippen LogP) is 4.03. The fourth-order valence-corrected chi connectivity index (χ4v) is 2.75. The van der Waals surface area contributed by atoms with E-state index in [0.29, 0.717) is 11.8 Å². The van der Waals surface area contributed by atoms with Crippen LogP contribution in [0.15, 0.2) is 24.3 Å². The van der Waals surface area contributed by atoms with Gasteiger partial charge in [-0.2, -0.15) is 0 Å². The van der Waals surface area contributed by atoms with Gasteiger partial charge in [0.1, 0.15) is 0 Å². The second-order valence-electron chi connectivity index (χ2n) is 5.57. The third-order valence-corrected chi connectivity index (χ3v) is 4.09. The van der Waals surface area contributed by atoms with Gasteiger partial charge in [-0.3, -0.25) is 5.41 Å². The van der Waals surface area contributed by atoms with Gasteiger partial charge in [-0.1, -0.05) is 30.4 Å². The molecule has 0 atom stereocenters. The van der Waals surface area contributed by atoms with Crippen molar-refractivity contribution in [2.24, 2.45) is 5.92 Å². The van der Waals surface area contributed by atoms with Gasteiger partial charge in [0.2, 0.25) is 0 Å². The van der Waals surface area contributed by atoms with Crippen LogP contribution >= 0.6 is 0 Å². The summed E-state index contributed by atoms with van der Waals surface area (Å²) in [4.78, 5) is 2.17. The highest BCUT2D eigenvalue weighted by Gasteiger charge is 2.17. The molecule has 1 N–H and O–H groups in total. The highest BCUT2D eigenvalue weighted by Crippen LogP contribution is 2.22. The van der Waals surface area contributed by atoms with Gasteiger partial charge in [0.05, 0.1) is 5.84 Å². The topological polar surface area (TPSA) is 27.1 Å². The van der Waals surface area contributed by atoms with Gasteiger partial charge in [0.15, 0.2) is 0 Å². The maximum atomic E-state index is 7.66. The Bertz CT molecular complexity index is 460. The maximum Gasteiger partial charge on any atom is 0.0925 e. The Morgan fingerprint density at radius 3 is 2.32 bits per heavy atom. The summed E-state index contributed by atoms with van der Waals surface area (Å²) >= 11 is 0. The van der Waals surface area contributed by atoms with E-state index in [9.17, 15) is 0 Å². The first-order valence-electron chi connectivity index (χ1n) is 7.12. The summed E-state index contributed by atoms with van der Waals surface area (Å²) in [6.45, 7) is 8.28. The third-order valence-electron chi connectivity index (χ3n) is 4.09. The van der Waals surface area contributed by atoms with Crippen LogP contribution < -0.4 is 0 Å². The van der Waals surface area contributed by atoms with Crippen molar-refractivity contribution in [1.82, 2.24) is 4.90 Å². The second-order valence-corrected chi connectivity index (χ2v) is 5.57. The zero-order chi connectivity index (χ0) is 13.8. The Morgan fingerprint density at radius 1 is 1.21 bits per heavy atom. The number of aryl methyl sites for hydroxylation is 2. The van der Waals surface area contributed by atoms with Crippen molar-refractivity contribution < 1.29 is 0 Å². The largest absolute Gasteiger partial charge is 0.361 e. The van der Waals surface area contributed by atoms with Crippen LogP contribution in [0.3, 0.4) is 0 Å². The Morgan fingerprint density at radius 2 is 1.79 bits per heavy atom. The molecule has 1 aromatic carbocycles. The molecule has 0 bridgehead atoms. The van der Waals surface area contributed by atoms with Crippen molar-refractivity contribution in [3.05, 3.63) is 41.0 Å². The number of hydrogen-bond donors (Lipinski definition) is 1. The van der Waals surface area contributed by atoms with E-state index in [2.05, 4.69) is 49.1 Å². The number of allylic oxidation sites excluding steroid dienone is 1. The molecule has 0 saturated carbocycles. The highest BCUT2D eigenvalue weighted by molar-refractivity contribution is 5.76. The van der Waals surface area contributed by atoms with Crippen LogP contribution in [0.2, 0.25) is 0 Å². The first-order chi connectivity index (χ1) is 9.08. The normalized spacial score (nSPS) is 17.1. The summed E-state index contributed by atoms with van der Waals surface area (Å²) < 4.78 is 0. The average Bonchev–Trinajstić information content (AvgIpc) is 2.38. The minimum Gasteiger partial charge on any atom is -0.361 e. The first kappa shape index (κ1) is 13.9. The van der Waals surface area contributed by atoms with E-state index < -0.39 is 0 Å². The van der Waals surface area contributed by atoms with Crippen LogP contribution in [-0.2, 0) is 0 Å². The van der Waals surface area contributed by atoms with Crippen LogP contribution in [0.1, 0.15) is 36.5 Å². The summed E-state index contributed by atoms with van der Waals surface area (Å²) in [6.07, 6.45) is 6.99. The van der Waals surface area contributed by atoms with Crippen molar-refractivity contribution in [2.45, 2.75) is 33.6 Å². The molecule has 0 spiro atoms. The van der Waals surface area contributed by atoms with Crippen molar-refractivity contribution in [1.29, 1.82) is 5.41 Å². The average molecular weight is 256 g/mol. The van der Waals surface area contributed by atoms with Crippen LogP contribution in [-0.4, -0.2) is 23.8 Å². The lowest BCUT2D eigenvalue weighted by Gasteiger charge is -2.31. The number of rotatable bonds is 2. The Hall–Kier alpha value is -1.57. The molecule has 19 heavy (non-hydrogen) atoms. The van der Waals surface area contributed by atoms with E-state index in [4.69, 9.17) is 5.41 Å². The number of piperidine rings is 1. The van der Waals surface area contributed by atoms with Crippen molar-refractivity contribution in [3.8, 4) is 0 Å². The predicted molar refractivity (Wildman–Crippen MR) is 82.6 cm³/mol. The van der Waals surface area contributed by atoms with E-state index in [1.165, 1.54) is 16.7 Å². The quantitative estimate of drug-likeness (QED) is 0.628. The van der Waals surface area contributed by atoms with E-state index in [1.54, 1.807) is 0 Å². The number of nitrogens with one attached hydrogen (secondary N) is 1. The smallest absolute Gasteiger partial charge is 0.0925 e. The summed E-state index contributed by atoms with van der Waals surface area (Å²) in [5.41, 5.74) is 4.07. The molecular weight excluding hydrogens is 232 g/mol. The molecule has 1 aromatic rings. The highest BCUT2D eigenvalue weighted by atomic mass is 15.2. The van der Waals surface area contributed by atoms with Gasteiger partial charge < -0.3 is 4.90 Å². The Balaban J connectivity index is 1.99. The van der Waals surface area contributed by atoms with Crippen LogP contribution in [0, 0.1) is 25.2 Å². The maximum absolute atomic E-state index is 7.66. The van der Waals surface area contributed by atoms with E-state index in [-0.39, 0.29) is 0 Å². The number of hydrogen-bond acceptors (Lipinski definition) is 1. The molecule has 0 radical (unpaired) electrons. The molecule has 2 rings (SSSR count). The lowest BCUT2D eigenvalue weighted by Crippen LogP contribution is -2.36. The number of nitrogens with zero attached hydrogens (tertiary/aromatic N) is 1. The number of benzene rings is 1. The van der Waals surface area contributed by atoms with Crippen molar-refractivity contribution in [2.75, 3.05) is 13.1 Å². The molecule has 1 heterocycles. The fourth-order valence-electron chi connectivity index (χ4n) is 2.75. The monoisotopic (exact) mass is 256 g/mol. The first-order valence-corrected chi connectivity index (χ1v) is 7.12. The minimum absolute atomic E-state index is 0.662. The van der Waals surface area contributed by atoms with E-state index in [1.807, 2.05) is 6.92 Å². The molecule has 0 amide bonds. The van der Waals surface area contributed by atoms with Gasteiger partial charge >= 0.3 is 0 Å². The van der Waals surface area contributed by atoms with Gasteiger partial charge in [-0.05, 0) is 56.2 Å². The molecule has 1 fully saturated rings. The molecule has 0 unspecified atom stereocenters. The zero-order valence-corrected chi connectivity index (χ0v) is 12.2. The molecule has 1 aliphatic heterocycles. The molecule has 2 heteroatoms. The Kier molecular flexibility index (Phi) is 4.41. The van der Waals surface area contributed by atoms with Crippen LogP contribution in [0.4, 0.5) is 0 Å². The molecule has 0 aliphatic carbocycles. The number of amidine groups is 1. The molecule has 1 saturated heterocycles. The molecule has 1 aliphatic rings. The van der Waals surface area contributed by atoms with Gasteiger partial charge in [0, 0.05) is 13.1 Å². The zero-order valence-electron chi connectivity index (χ0n) is 12.2. The summed E-state index contributed by atoms with van der Waals surface area (Å²) in [5, 5.41) is 7.66. The summed E-state index contributed by atoms with van der Waals surface area (Å²) in [7, 11) is 0. The molecule has 0 aromatic heterocycles. The van der Waals surface area contributed by atoms with Gasteiger partial charge in [-0.15, -0.1) is 0 Å². The minimum atomic E-state index is 0.662. The number of likely N-dealkylation sites (tertiary alicyclic amines) is 1. The lowest BCUT2D eigenvalue weighted by atomic mass is 9.94. The van der Waals surface area contributed by atoms with E-state index >= 15 is 0 Å². The van der Waals surface area contributed by atoms with Crippen molar-refractivity contribution >= 4 is 11.9 Å². The second kappa shape index (κ2) is 6.05. The SMILES string of the molecule is CC(=N)N1CCC(/C=C/c2c(C)cccc2C)CC1. The Labute approximate surface area is 116 Å². The fraction of sp³-hybridized carbons (Fsp3) is 0.471. The van der Waals surface area contributed by atoms with Gasteiger partial charge in [0.25, 0.3) is 0 Å². The van der Waals surface area contributed by atoms with Crippen molar-refractivity contribution in [3.63, 3.8) is 0 Å². The van der Waals surface area contributed by atoms with Crippen LogP contribution in [0.25, 0.3) is 6.08 Å². The standard InChI is InChI=1S/C17H24N2/c1-13-5-4-6-14(2)17(13)8-7-16-9-11-19(12-10-16)15(3)18/h4-8,16,18H,9-12H2,1-3H3/b8-7+,18-15?. The summed E-state index contributed by atoms with van der Waals surface area (Å²) in [5.74, 6) is 1.37.